The van der Waals surface area contributed by atoms with E-state index in [2.05, 4.69) is 0 Å². The molecule has 7 heteroatoms. The van der Waals surface area contributed by atoms with Crippen molar-refractivity contribution < 1.29 is 27.4 Å². The lowest BCUT2D eigenvalue weighted by Gasteiger charge is -2.39. The first-order valence-electron chi connectivity index (χ1n) is 11.0. The van der Waals surface area contributed by atoms with Crippen LogP contribution < -0.4 is 0 Å². The molecule has 0 spiro atoms. The molecular weight excluding hydrogens is 419 g/mol. The number of carbonyl (C=O) groups is 1. The Morgan fingerprint density at radius 2 is 1.94 bits per heavy atom. The fourth-order valence-electron chi connectivity index (χ4n) is 4.35. The normalized spacial score (nSPS) is 19.9. The van der Waals surface area contributed by atoms with Gasteiger partial charge in [0.15, 0.2) is 0 Å². The number of rotatable bonds is 8. The van der Waals surface area contributed by atoms with Crippen LogP contribution in [0.5, 0.6) is 0 Å². The topological polar surface area (TPSA) is 38.8 Å². The predicted octanol–water partition coefficient (Wildman–Crippen LogP) is 6.00. The Kier molecular flexibility index (Phi) is 8.32. The van der Waals surface area contributed by atoms with Crippen LogP contribution in [0.4, 0.5) is 13.2 Å². The Bertz CT molecular complexity index is 887. The van der Waals surface area contributed by atoms with E-state index in [0.717, 1.165) is 55.7 Å². The number of ether oxygens (including phenoxy) is 2. The Hall–Kier alpha value is -2.38. The first-order chi connectivity index (χ1) is 15.4. The van der Waals surface area contributed by atoms with Gasteiger partial charge in [-0.2, -0.15) is 13.2 Å². The molecule has 1 amide bonds. The number of alkyl halides is 3. The highest BCUT2D eigenvalue weighted by molar-refractivity contribution is 5.69. The van der Waals surface area contributed by atoms with Crippen molar-refractivity contribution in [2.24, 2.45) is 0 Å². The van der Waals surface area contributed by atoms with Crippen LogP contribution in [0.1, 0.15) is 49.7 Å². The van der Waals surface area contributed by atoms with Gasteiger partial charge in [-0.1, -0.05) is 36.4 Å². The standard InChI is InChI=1S/C25H30F3NO3/c1-31-16-7-5-14-24(13-4-6-15-29(18-30)19-32-24)23-12-3-2-11-22(23)20-9-8-10-21(17-20)25(26,27)28/h2-3,8-12,17-18H,4-7,13-16,19H2,1H3/t24-/m1/s1. The molecule has 32 heavy (non-hydrogen) atoms. The van der Waals surface area contributed by atoms with Gasteiger partial charge in [0.25, 0.3) is 0 Å². The maximum atomic E-state index is 13.4. The fourth-order valence-corrected chi connectivity index (χ4v) is 4.35. The molecule has 1 heterocycles. The molecule has 4 nitrogen and oxygen atoms in total. The highest BCUT2D eigenvalue weighted by atomic mass is 19.4. The SMILES string of the molecule is COCCCC[C@@]1(c2ccccc2-c2cccc(C(F)(F)F)c2)CCCCN(C=O)CO1. The van der Waals surface area contributed by atoms with E-state index in [-0.39, 0.29) is 6.73 Å². The van der Waals surface area contributed by atoms with Crippen molar-refractivity contribution in [3.63, 3.8) is 0 Å². The van der Waals surface area contributed by atoms with E-state index >= 15 is 0 Å². The lowest BCUT2D eigenvalue weighted by Crippen LogP contribution is -2.39. The number of hydrogen-bond donors (Lipinski definition) is 0. The molecule has 0 aromatic heterocycles. The zero-order valence-corrected chi connectivity index (χ0v) is 18.4. The molecule has 0 saturated carbocycles. The van der Waals surface area contributed by atoms with Gasteiger partial charge in [-0.25, -0.2) is 0 Å². The number of unbranched alkanes of at least 4 members (excludes halogenated alkanes) is 1. The van der Waals surface area contributed by atoms with Crippen LogP contribution >= 0.6 is 0 Å². The number of halogens is 3. The van der Waals surface area contributed by atoms with E-state index in [1.807, 2.05) is 24.3 Å². The third-order valence-corrected chi connectivity index (χ3v) is 6.03. The van der Waals surface area contributed by atoms with Crippen LogP contribution in [-0.2, 0) is 26.0 Å². The van der Waals surface area contributed by atoms with Gasteiger partial charge in [-0.15, -0.1) is 0 Å². The van der Waals surface area contributed by atoms with Crippen molar-refractivity contribution in [1.29, 1.82) is 0 Å². The summed E-state index contributed by atoms with van der Waals surface area (Å²) in [6.45, 7) is 1.43. The van der Waals surface area contributed by atoms with Crippen LogP contribution in [0.3, 0.4) is 0 Å². The van der Waals surface area contributed by atoms with E-state index in [4.69, 9.17) is 9.47 Å². The van der Waals surface area contributed by atoms with Gasteiger partial charge >= 0.3 is 6.18 Å². The minimum atomic E-state index is -4.41. The zero-order valence-electron chi connectivity index (χ0n) is 18.4. The molecule has 1 fully saturated rings. The van der Waals surface area contributed by atoms with Gasteiger partial charge in [0.1, 0.15) is 6.73 Å². The van der Waals surface area contributed by atoms with Gasteiger partial charge in [-0.3, -0.25) is 4.79 Å². The number of hydrogen-bond acceptors (Lipinski definition) is 3. The van der Waals surface area contributed by atoms with Gasteiger partial charge in [-0.05, 0) is 67.3 Å². The van der Waals surface area contributed by atoms with Crippen LogP contribution in [-0.4, -0.2) is 38.3 Å². The second-order valence-corrected chi connectivity index (χ2v) is 8.22. The second kappa shape index (κ2) is 11.0. The quantitative estimate of drug-likeness (QED) is 0.366. The smallest absolute Gasteiger partial charge is 0.385 e. The number of benzene rings is 2. The lowest BCUT2D eigenvalue weighted by molar-refractivity contribution is -0.142. The summed E-state index contributed by atoms with van der Waals surface area (Å²) in [6, 6.07) is 12.9. The molecule has 0 radical (unpaired) electrons. The second-order valence-electron chi connectivity index (χ2n) is 8.22. The molecule has 0 aliphatic carbocycles. The summed E-state index contributed by atoms with van der Waals surface area (Å²) in [5.74, 6) is 0. The molecule has 1 atom stereocenters. The maximum absolute atomic E-state index is 13.4. The van der Waals surface area contributed by atoms with Crippen LogP contribution in [0.15, 0.2) is 48.5 Å². The van der Waals surface area contributed by atoms with Crippen molar-refractivity contribution in [2.45, 2.75) is 50.3 Å². The Balaban J connectivity index is 2.04. The summed E-state index contributed by atoms with van der Waals surface area (Å²) in [5.41, 5.74) is 0.725. The minimum absolute atomic E-state index is 0.157. The molecule has 0 unspecified atom stereocenters. The number of methoxy groups -OCH3 is 1. The average molecular weight is 450 g/mol. The lowest BCUT2D eigenvalue weighted by atomic mass is 9.79. The van der Waals surface area contributed by atoms with Crippen LogP contribution in [0.2, 0.25) is 0 Å². The molecule has 1 aliphatic rings. The maximum Gasteiger partial charge on any atom is 0.416 e. The molecule has 1 saturated heterocycles. The third-order valence-electron chi connectivity index (χ3n) is 6.03. The molecule has 174 valence electrons. The Labute approximate surface area is 187 Å². The van der Waals surface area contributed by atoms with Crippen molar-refractivity contribution in [3.05, 3.63) is 59.7 Å². The summed E-state index contributed by atoms with van der Waals surface area (Å²) in [4.78, 5) is 13.0. The molecule has 1 aliphatic heterocycles. The van der Waals surface area contributed by atoms with Gasteiger partial charge < -0.3 is 14.4 Å². The summed E-state index contributed by atoms with van der Waals surface area (Å²) >= 11 is 0. The van der Waals surface area contributed by atoms with Gasteiger partial charge in [0.2, 0.25) is 6.41 Å². The molecular formula is C25H30F3NO3. The van der Waals surface area contributed by atoms with Gasteiger partial charge in [0.05, 0.1) is 11.2 Å². The van der Waals surface area contributed by atoms with E-state index in [0.29, 0.717) is 25.1 Å². The summed E-state index contributed by atoms with van der Waals surface area (Å²) in [5, 5.41) is 0. The number of carbonyl (C=O) groups excluding carboxylic acids is 1. The summed E-state index contributed by atoms with van der Waals surface area (Å²) in [7, 11) is 1.66. The first-order valence-corrected chi connectivity index (χ1v) is 11.0. The van der Waals surface area contributed by atoms with E-state index in [1.54, 1.807) is 18.1 Å². The highest BCUT2D eigenvalue weighted by Gasteiger charge is 2.37. The van der Waals surface area contributed by atoms with Gasteiger partial charge in [0, 0.05) is 20.3 Å². The van der Waals surface area contributed by atoms with E-state index in [9.17, 15) is 18.0 Å². The van der Waals surface area contributed by atoms with Crippen LogP contribution in [0.25, 0.3) is 11.1 Å². The first kappa shape index (κ1) is 24.3. The summed E-state index contributed by atoms with van der Waals surface area (Å²) in [6.07, 6.45) is 1.21. The predicted molar refractivity (Wildman–Crippen MR) is 117 cm³/mol. The monoisotopic (exact) mass is 449 g/mol. The van der Waals surface area contributed by atoms with E-state index in [1.165, 1.54) is 12.1 Å². The molecule has 3 rings (SSSR count). The number of nitrogens with zero attached hydrogens (tertiary/aromatic N) is 1. The zero-order chi connectivity index (χ0) is 23.0. The van der Waals surface area contributed by atoms with Crippen molar-refractivity contribution >= 4 is 6.41 Å². The molecule has 0 bridgehead atoms. The third kappa shape index (κ3) is 5.90. The molecule has 0 N–H and O–H groups in total. The van der Waals surface area contributed by atoms with Crippen molar-refractivity contribution in [1.82, 2.24) is 4.90 Å². The Morgan fingerprint density at radius 1 is 1.12 bits per heavy atom. The van der Waals surface area contributed by atoms with Crippen molar-refractivity contribution in [2.75, 3.05) is 27.0 Å². The van der Waals surface area contributed by atoms with Crippen LogP contribution in [0, 0.1) is 0 Å². The average Bonchev–Trinajstić information content (AvgIpc) is 2.78. The fraction of sp³-hybridized carbons (Fsp3) is 0.480. The highest BCUT2D eigenvalue weighted by Crippen LogP contribution is 2.43. The number of amides is 1. The molecule has 2 aromatic rings. The Morgan fingerprint density at radius 3 is 2.69 bits per heavy atom. The summed E-state index contributed by atoms with van der Waals surface area (Å²) < 4.78 is 51.7. The van der Waals surface area contributed by atoms with E-state index < -0.39 is 17.3 Å². The largest absolute Gasteiger partial charge is 0.416 e. The van der Waals surface area contributed by atoms with Crippen molar-refractivity contribution in [3.8, 4) is 11.1 Å². The molecule has 2 aromatic carbocycles. The minimum Gasteiger partial charge on any atom is -0.385 e.